The number of nitrogens with zero attached hydrogens (tertiary/aromatic N) is 3. The van der Waals surface area contributed by atoms with Crippen molar-refractivity contribution in [2.45, 2.75) is 38.6 Å². The van der Waals surface area contributed by atoms with E-state index in [4.69, 9.17) is 9.97 Å². The quantitative estimate of drug-likeness (QED) is 0.282. The normalized spacial score (nSPS) is 23.8. The van der Waals surface area contributed by atoms with E-state index in [0.717, 1.165) is 27.9 Å². The third kappa shape index (κ3) is 3.60. The van der Waals surface area contributed by atoms with E-state index < -0.39 is 0 Å². The van der Waals surface area contributed by atoms with E-state index in [0.29, 0.717) is 34.7 Å². The third-order valence-electron chi connectivity index (χ3n) is 8.09. The van der Waals surface area contributed by atoms with Gasteiger partial charge in [-0.15, -0.1) is 11.3 Å². The zero-order chi connectivity index (χ0) is 23.5. The molecule has 176 valence electrons. The molecule has 3 fully saturated rings. The van der Waals surface area contributed by atoms with Crippen LogP contribution in [0.25, 0.3) is 43.1 Å². The molecule has 2 atom stereocenters. The van der Waals surface area contributed by atoms with Crippen LogP contribution < -0.4 is 5.32 Å². The summed E-state index contributed by atoms with van der Waals surface area (Å²) in [6, 6.07) is 14.6. The smallest absolute Gasteiger partial charge is 0.164 e. The molecule has 4 aromatic heterocycles. The van der Waals surface area contributed by atoms with Crippen LogP contribution in [-0.4, -0.2) is 26.0 Å². The molecule has 5 nitrogen and oxygen atoms in total. The zero-order valence-corrected chi connectivity index (χ0v) is 20.3. The van der Waals surface area contributed by atoms with Crippen LogP contribution in [0.4, 0.5) is 10.2 Å². The molecule has 8 rings (SSSR count). The minimum atomic E-state index is -0.371. The molecule has 3 saturated carbocycles. The first-order chi connectivity index (χ1) is 17.1. The SMILES string of the molecule is CC1C2CCC(CC2)C1Nc1cc(-c2cc3ccccc3s2)nc(-c2c[nH]c3ncc(F)cc23)n1. The van der Waals surface area contributed by atoms with Crippen LogP contribution in [0, 0.1) is 23.6 Å². The summed E-state index contributed by atoms with van der Waals surface area (Å²) < 4.78 is 15.3. The van der Waals surface area contributed by atoms with Crippen LogP contribution in [-0.2, 0) is 0 Å². The highest BCUT2D eigenvalue weighted by atomic mass is 32.1. The zero-order valence-electron chi connectivity index (χ0n) is 19.5. The minimum Gasteiger partial charge on any atom is -0.367 e. The summed E-state index contributed by atoms with van der Waals surface area (Å²) in [6.07, 6.45) is 8.34. The van der Waals surface area contributed by atoms with Gasteiger partial charge in [-0.3, -0.25) is 0 Å². The van der Waals surface area contributed by atoms with Gasteiger partial charge in [-0.2, -0.15) is 0 Å². The minimum absolute atomic E-state index is 0.371. The number of H-pyrrole nitrogens is 1. The van der Waals surface area contributed by atoms with E-state index in [1.54, 1.807) is 11.3 Å². The number of thiophene rings is 1. The van der Waals surface area contributed by atoms with Gasteiger partial charge in [0.1, 0.15) is 17.3 Å². The second kappa shape index (κ2) is 8.12. The molecule has 2 bridgehead atoms. The van der Waals surface area contributed by atoms with Crippen molar-refractivity contribution in [3.05, 3.63) is 60.7 Å². The number of hydrogen-bond acceptors (Lipinski definition) is 5. The molecule has 0 amide bonds. The van der Waals surface area contributed by atoms with Gasteiger partial charge >= 0.3 is 0 Å². The van der Waals surface area contributed by atoms with Crippen LogP contribution in [0.5, 0.6) is 0 Å². The average molecular weight is 484 g/mol. The van der Waals surface area contributed by atoms with Crippen molar-refractivity contribution in [1.82, 2.24) is 19.9 Å². The standard InChI is InChI=1S/C28H26FN5S/c1-15-16-6-8-17(9-7-16)26(15)33-25-12-22(24-10-18-4-2-3-5-23(18)35-24)32-28(34-25)21-14-31-27-20(21)11-19(29)13-30-27/h2-5,10-17,26H,6-9H2,1H3,(H,30,31)(H,32,33,34). The maximum Gasteiger partial charge on any atom is 0.164 e. The number of pyridine rings is 1. The molecule has 2 N–H and O–H groups in total. The summed E-state index contributed by atoms with van der Waals surface area (Å²) in [5.74, 6) is 3.15. The Kier molecular flexibility index (Phi) is 4.87. The second-order valence-electron chi connectivity index (χ2n) is 10.1. The highest BCUT2D eigenvalue weighted by Gasteiger charge is 2.41. The Balaban J connectivity index is 1.36. The first-order valence-corrected chi connectivity index (χ1v) is 13.2. The van der Waals surface area contributed by atoms with Crippen molar-refractivity contribution in [3.63, 3.8) is 0 Å². The van der Waals surface area contributed by atoms with Crippen molar-refractivity contribution in [1.29, 1.82) is 0 Å². The Morgan fingerprint density at radius 2 is 1.86 bits per heavy atom. The first kappa shape index (κ1) is 21.0. The lowest BCUT2D eigenvalue weighted by Crippen LogP contribution is -2.47. The topological polar surface area (TPSA) is 66.5 Å². The van der Waals surface area contributed by atoms with Crippen molar-refractivity contribution in [2.24, 2.45) is 17.8 Å². The van der Waals surface area contributed by atoms with Gasteiger partial charge in [0.2, 0.25) is 0 Å². The van der Waals surface area contributed by atoms with Gasteiger partial charge < -0.3 is 10.3 Å². The van der Waals surface area contributed by atoms with Crippen molar-refractivity contribution >= 4 is 38.3 Å². The van der Waals surface area contributed by atoms with Gasteiger partial charge in [0, 0.05) is 34.0 Å². The molecule has 35 heavy (non-hydrogen) atoms. The van der Waals surface area contributed by atoms with Crippen LogP contribution in [0.3, 0.4) is 0 Å². The summed E-state index contributed by atoms with van der Waals surface area (Å²) in [7, 11) is 0. The van der Waals surface area contributed by atoms with Gasteiger partial charge in [0.15, 0.2) is 5.82 Å². The lowest BCUT2D eigenvalue weighted by Gasteiger charge is -2.47. The van der Waals surface area contributed by atoms with E-state index in [-0.39, 0.29) is 5.82 Å². The van der Waals surface area contributed by atoms with E-state index in [2.05, 4.69) is 58.6 Å². The first-order valence-electron chi connectivity index (χ1n) is 12.4. The van der Waals surface area contributed by atoms with E-state index in [1.807, 2.05) is 6.20 Å². The molecule has 5 aromatic rings. The Morgan fingerprint density at radius 1 is 1.03 bits per heavy atom. The lowest BCUT2D eigenvalue weighted by atomic mass is 9.62. The number of hydrogen-bond donors (Lipinski definition) is 2. The Labute approximate surface area is 206 Å². The maximum absolute atomic E-state index is 14.1. The summed E-state index contributed by atoms with van der Waals surface area (Å²) in [5, 5.41) is 5.72. The van der Waals surface area contributed by atoms with Crippen LogP contribution >= 0.6 is 11.3 Å². The van der Waals surface area contributed by atoms with Crippen molar-refractivity contribution in [2.75, 3.05) is 5.32 Å². The molecule has 7 heteroatoms. The van der Waals surface area contributed by atoms with Crippen molar-refractivity contribution < 1.29 is 4.39 Å². The van der Waals surface area contributed by atoms with E-state index in [1.165, 1.54) is 48.0 Å². The summed E-state index contributed by atoms with van der Waals surface area (Å²) in [4.78, 5) is 18.4. The monoisotopic (exact) mass is 483 g/mol. The number of rotatable bonds is 4. The molecule has 3 aliphatic rings. The van der Waals surface area contributed by atoms with E-state index >= 15 is 0 Å². The third-order valence-corrected chi connectivity index (χ3v) is 9.23. The van der Waals surface area contributed by atoms with Crippen molar-refractivity contribution in [3.8, 4) is 22.0 Å². The predicted molar refractivity (Wildman–Crippen MR) is 140 cm³/mol. The lowest BCUT2D eigenvalue weighted by molar-refractivity contribution is 0.0928. The molecule has 0 radical (unpaired) electrons. The van der Waals surface area contributed by atoms with Crippen LogP contribution in [0.2, 0.25) is 0 Å². The average Bonchev–Trinajstić information content (AvgIpc) is 3.50. The van der Waals surface area contributed by atoms with E-state index in [9.17, 15) is 4.39 Å². The number of anilines is 1. The number of fused-ring (bicyclic) bond motifs is 5. The number of benzene rings is 1. The molecule has 2 unspecified atom stereocenters. The van der Waals surface area contributed by atoms with Gasteiger partial charge in [-0.25, -0.2) is 19.3 Å². The van der Waals surface area contributed by atoms with Crippen LogP contribution in [0.15, 0.2) is 54.9 Å². The van der Waals surface area contributed by atoms with Gasteiger partial charge in [0.05, 0.1) is 16.8 Å². The molecule has 0 saturated heterocycles. The molecule has 4 heterocycles. The highest BCUT2D eigenvalue weighted by Crippen LogP contribution is 2.46. The maximum atomic E-state index is 14.1. The Hall–Kier alpha value is -3.32. The fourth-order valence-corrected chi connectivity index (χ4v) is 7.23. The van der Waals surface area contributed by atoms with Gasteiger partial charge in [-0.1, -0.05) is 25.1 Å². The fourth-order valence-electron chi connectivity index (χ4n) is 6.21. The molecular formula is C28H26FN5S. The molecule has 3 aliphatic carbocycles. The second-order valence-corrected chi connectivity index (χ2v) is 11.2. The Morgan fingerprint density at radius 3 is 2.69 bits per heavy atom. The predicted octanol–water partition coefficient (Wildman–Crippen LogP) is 7.28. The van der Waals surface area contributed by atoms with Gasteiger partial charge in [-0.05, 0) is 67.0 Å². The molecule has 1 aromatic carbocycles. The number of halogens is 1. The largest absolute Gasteiger partial charge is 0.367 e. The number of nitrogens with one attached hydrogen (secondary N) is 2. The van der Waals surface area contributed by atoms with Gasteiger partial charge in [0.25, 0.3) is 0 Å². The molecule has 0 aliphatic heterocycles. The fraction of sp³-hybridized carbons (Fsp3) is 0.321. The molecule has 0 spiro atoms. The number of aromatic nitrogens is 4. The summed E-state index contributed by atoms with van der Waals surface area (Å²) in [5.41, 5.74) is 2.27. The summed E-state index contributed by atoms with van der Waals surface area (Å²) in [6.45, 7) is 2.39. The number of aromatic amines is 1. The molecular weight excluding hydrogens is 457 g/mol. The Bertz CT molecular complexity index is 1510. The summed E-state index contributed by atoms with van der Waals surface area (Å²) >= 11 is 1.73. The highest BCUT2D eigenvalue weighted by molar-refractivity contribution is 7.22. The van der Waals surface area contributed by atoms with Crippen LogP contribution in [0.1, 0.15) is 32.6 Å².